The molecule has 0 saturated carbocycles. The maximum absolute atomic E-state index is 13.3. The minimum Gasteiger partial charge on any atom is -0.358 e. The summed E-state index contributed by atoms with van der Waals surface area (Å²) in [6.07, 6.45) is -2.66. The maximum Gasteiger partial charge on any atom is 0.433 e. The molecule has 1 aromatic carbocycles. The Balaban J connectivity index is 1.73. The molecule has 1 aliphatic rings. The molecular formula is C19H21F4N5S. The third kappa shape index (κ3) is 5.99. The molecule has 2 heterocycles. The first kappa shape index (κ1) is 21.2. The van der Waals surface area contributed by atoms with Crippen molar-refractivity contribution in [3.63, 3.8) is 0 Å². The molecule has 0 spiro atoms. The highest BCUT2D eigenvalue weighted by Crippen LogP contribution is 2.31. The van der Waals surface area contributed by atoms with Crippen LogP contribution in [-0.2, 0) is 12.7 Å². The summed E-state index contributed by atoms with van der Waals surface area (Å²) in [5.74, 6) is 0.0293. The van der Waals surface area contributed by atoms with E-state index in [0.29, 0.717) is 19.0 Å². The van der Waals surface area contributed by atoms with Crippen molar-refractivity contribution in [2.45, 2.75) is 32.5 Å². The van der Waals surface area contributed by atoms with Gasteiger partial charge in [-0.15, -0.1) is 0 Å². The molecule has 1 atom stereocenters. The topological polar surface area (TPSA) is 53.1 Å². The number of thiocarbonyl (C=S) groups is 1. The Hall–Kier alpha value is -2.49. The second-order valence-corrected chi connectivity index (χ2v) is 7.47. The van der Waals surface area contributed by atoms with Gasteiger partial charge in [-0.25, -0.2) is 9.37 Å². The third-order valence-electron chi connectivity index (χ3n) is 4.58. The van der Waals surface area contributed by atoms with E-state index in [0.717, 1.165) is 24.5 Å². The van der Waals surface area contributed by atoms with Crippen LogP contribution < -0.4 is 15.5 Å². The summed E-state index contributed by atoms with van der Waals surface area (Å²) in [6.45, 7) is 3.62. The van der Waals surface area contributed by atoms with Gasteiger partial charge in [-0.1, -0.05) is 19.1 Å². The zero-order chi connectivity index (χ0) is 21.0. The SMILES string of the molecule is CC1CCCN(c2cc(C(F)(F)F)nc(NC(=S)NCc3ccc(F)cc3)n2)C1. The van der Waals surface area contributed by atoms with E-state index in [-0.39, 0.29) is 29.2 Å². The Bertz CT molecular complexity index is 857. The Morgan fingerprint density at radius 3 is 2.62 bits per heavy atom. The van der Waals surface area contributed by atoms with Crippen molar-refractivity contribution in [1.29, 1.82) is 0 Å². The first-order chi connectivity index (χ1) is 13.7. The van der Waals surface area contributed by atoms with Gasteiger partial charge in [0, 0.05) is 25.7 Å². The van der Waals surface area contributed by atoms with Gasteiger partial charge >= 0.3 is 6.18 Å². The molecule has 3 rings (SSSR count). The number of halogens is 4. The number of rotatable bonds is 4. The van der Waals surface area contributed by atoms with E-state index in [1.807, 2.05) is 4.90 Å². The molecule has 0 aliphatic carbocycles. The van der Waals surface area contributed by atoms with Gasteiger partial charge in [0.1, 0.15) is 11.6 Å². The Kier molecular flexibility index (Phi) is 6.51. The van der Waals surface area contributed by atoms with Crippen LogP contribution in [0.25, 0.3) is 0 Å². The predicted molar refractivity (Wildman–Crippen MR) is 107 cm³/mol. The number of anilines is 2. The fourth-order valence-electron chi connectivity index (χ4n) is 3.13. The largest absolute Gasteiger partial charge is 0.433 e. The Labute approximate surface area is 171 Å². The first-order valence-electron chi connectivity index (χ1n) is 9.21. The monoisotopic (exact) mass is 427 g/mol. The molecule has 29 heavy (non-hydrogen) atoms. The zero-order valence-electron chi connectivity index (χ0n) is 15.8. The molecule has 1 unspecified atom stereocenters. The number of nitrogens with zero attached hydrogens (tertiary/aromatic N) is 3. The highest BCUT2D eigenvalue weighted by molar-refractivity contribution is 7.80. The van der Waals surface area contributed by atoms with E-state index >= 15 is 0 Å². The van der Waals surface area contributed by atoms with Gasteiger partial charge in [-0.2, -0.15) is 18.2 Å². The van der Waals surface area contributed by atoms with Crippen molar-refractivity contribution < 1.29 is 17.6 Å². The summed E-state index contributed by atoms with van der Waals surface area (Å²) >= 11 is 5.14. The lowest BCUT2D eigenvalue weighted by Crippen LogP contribution is -2.35. The number of benzene rings is 1. The van der Waals surface area contributed by atoms with Crippen molar-refractivity contribution in [2.75, 3.05) is 23.3 Å². The van der Waals surface area contributed by atoms with Gasteiger partial charge in [0.05, 0.1) is 0 Å². The van der Waals surface area contributed by atoms with Crippen LogP contribution in [0.3, 0.4) is 0 Å². The molecule has 2 N–H and O–H groups in total. The summed E-state index contributed by atoms with van der Waals surface area (Å²) in [7, 11) is 0. The second-order valence-electron chi connectivity index (χ2n) is 7.06. The molecule has 0 amide bonds. The van der Waals surface area contributed by atoms with Crippen LogP contribution in [0.5, 0.6) is 0 Å². The lowest BCUT2D eigenvalue weighted by atomic mass is 10.0. The fraction of sp³-hybridized carbons (Fsp3) is 0.421. The average Bonchev–Trinajstić information content (AvgIpc) is 2.66. The minimum absolute atomic E-state index is 0.0756. The molecule has 2 aromatic rings. The van der Waals surface area contributed by atoms with Crippen molar-refractivity contribution in [1.82, 2.24) is 15.3 Å². The lowest BCUT2D eigenvalue weighted by Gasteiger charge is -2.32. The van der Waals surface area contributed by atoms with Crippen molar-refractivity contribution in [3.8, 4) is 0 Å². The molecule has 1 aliphatic heterocycles. The van der Waals surface area contributed by atoms with E-state index in [2.05, 4.69) is 27.5 Å². The van der Waals surface area contributed by atoms with Crippen LogP contribution in [0.15, 0.2) is 30.3 Å². The zero-order valence-corrected chi connectivity index (χ0v) is 16.6. The summed E-state index contributed by atoms with van der Waals surface area (Å²) in [5.41, 5.74) is -0.256. The van der Waals surface area contributed by atoms with Gasteiger partial charge in [-0.3, -0.25) is 0 Å². The maximum atomic E-state index is 13.3. The highest BCUT2D eigenvalue weighted by atomic mass is 32.1. The van der Waals surface area contributed by atoms with Gasteiger partial charge in [0.15, 0.2) is 10.8 Å². The van der Waals surface area contributed by atoms with E-state index in [9.17, 15) is 17.6 Å². The number of aromatic nitrogens is 2. The van der Waals surface area contributed by atoms with E-state index in [4.69, 9.17) is 12.2 Å². The van der Waals surface area contributed by atoms with Crippen molar-refractivity contribution in [2.24, 2.45) is 5.92 Å². The van der Waals surface area contributed by atoms with Crippen LogP contribution in [0.2, 0.25) is 0 Å². The summed E-state index contributed by atoms with van der Waals surface area (Å²) in [4.78, 5) is 9.65. The number of hydrogen-bond donors (Lipinski definition) is 2. The second kappa shape index (κ2) is 8.89. The summed E-state index contributed by atoms with van der Waals surface area (Å²) in [5, 5.41) is 5.55. The van der Waals surface area contributed by atoms with E-state index in [1.165, 1.54) is 12.1 Å². The molecule has 0 bridgehead atoms. The molecule has 1 aromatic heterocycles. The lowest BCUT2D eigenvalue weighted by molar-refractivity contribution is -0.141. The van der Waals surface area contributed by atoms with Crippen LogP contribution in [0.4, 0.5) is 29.3 Å². The smallest absolute Gasteiger partial charge is 0.358 e. The van der Waals surface area contributed by atoms with Crippen LogP contribution in [0.1, 0.15) is 31.0 Å². The number of alkyl halides is 3. The molecule has 156 valence electrons. The van der Waals surface area contributed by atoms with E-state index < -0.39 is 11.9 Å². The standard InChI is InChI=1S/C19H21F4N5S/c1-12-3-2-8-28(11-12)16-9-15(19(21,22)23)25-17(26-16)27-18(29)24-10-13-4-6-14(20)7-5-13/h4-7,9,12H,2-3,8,10-11H2,1H3,(H2,24,25,26,27,29). The number of piperidine rings is 1. The summed E-state index contributed by atoms with van der Waals surface area (Å²) < 4.78 is 52.9. The van der Waals surface area contributed by atoms with Crippen molar-refractivity contribution >= 4 is 29.1 Å². The van der Waals surface area contributed by atoms with E-state index in [1.54, 1.807) is 12.1 Å². The fourth-order valence-corrected chi connectivity index (χ4v) is 3.29. The van der Waals surface area contributed by atoms with Gasteiger partial charge < -0.3 is 15.5 Å². The molecule has 10 heteroatoms. The Morgan fingerprint density at radius 1 is 1.24 bits per heavy atom. The van der Waals surface area contributed by atoms with Gasteiger partial charge in [-0.05, 0) is 48.7 Å². The quantitative estimate of drug-likeness (QED) is 0.559. The minimum atomic E-state index is -4.60. The van der Waals surface area contributed by atoms with Gasteiger partial charge in [0.25, 0.3) is 0 Å². The normalized spacial score (nSPS) is 17.1. The molecule has 1 fully saturated rings. The molecular weight excluding hydrogens is 406 g/mol. The number of nitrogens with one attached hydrogen (secondary N) is 2. The van der Waals surface area contributed by atoms with Crippen molar-refractivity contribution in [3.05, 3.63) is 47.4 Å². The van der Waals surface area contributed by atoms with Gasteiger partial charge in [0.2, 0.25) is 5.95 Å². The first-order valence-corrected chi connectivity index (χ1v) is 9.62. The summed E-state index contributed by atoms with van der Waals surface area (Å²) in [6, 6.07) is 6.77. The highest BCUT2D eigenvalue weighted by Gasteiger charge is 2.34. The molecule has 0 radical (unpaired) electrons. The third-order valence-corrected chi connectivity index (χ3v) is 4.82. The number of hydrogen-bond acceptors (Lipinski definition) is 4. The predicted octanol–water partition coefficient (Wildman–Crippen LogP) is 4.36. The molecule has 1 saturated heterocycles. The van der Waals surface area contributed by atoms with Crippen LogP contribution in [-0.4, -0.2) is 28.2 Å². The Morgan fingerprint density at radius 2 is 1.97 bits per heavy atom. The molecule has 5 nitrogen and oxygen atoms in total. The van der Waals surface area contributed by atoms with Crippen LogP contribution >= 0.6 is 12.2 Å². The average molecular weight is 427 g/mol. The van der Waals surface area contributed by atoms with Crippen LogP contribution in [0, 0.1) is 11.7 Å².